The number of rotatable bonds is 1. The van der Waals surface area contributed by atoms with Gasteiger partial charge in [0.1, 0.15) is 0 Å². The van der Waals surface area contributed by atoms with Gasteiger partial charge in [-0.05, 0) is 13.0 Å². The molecule has 1 aromatic heterocycles. The summed E-state index contributed by atoms with van der Waals surface area (Å²) in [6.07, 6.45) is 0. The Kier molecular flexibility index (Phi) is 2.03. The van der Waals surface area contributed by atoms with Crippen molar-refractivity contribution in [1.82, 2.24) is 14.7 Å². The first-order valence-corrected chi connectivity index (χ1v) is 4.42. The lowest BCUT2D eigenvalue weighted by Crippen LogP contribution is -2.33. The van der Waals surface area contributed by atoms with Crippen molar-refractivity contribution < 1.29 is 0 Å². The Balaban J connectivity index is 2.15. The molecular formula is C9H12N4. The molecule has 0 amide bonds. The summed E-state index contributed by atoms with van der Waals surface area (Å²) >= 11 is 0. The topological polar surface area (TPSA) is 44.9 Å². The second-order valence-electron chi connectivity index (χ2n) is 3.37. The molecule has 0 radical (unpaired) electrons. The molecule has 1 aromatic rings. The number of hydrogen-bond donors (Lipinski definition) is 0. The molecule has 0 unspecified atom stereocenters. The molecule has 4 heteroatoms. The molecule has 0 bridgehead atoms. The predicted octanol–water partition coefficient (Wildman–Crippen LogP) is 0.531. The van der Waals surface area contributed by atoms with Gasteiger partial charge in [0.15, 0.2) is 0 Å². The van der Waals surface area contributed by atoms with Gasteiger partial charge >= 0.3 is 0 Å². The van der Waals surface area contributed by atoms with Crippen LogP contribution in [0.15, 0.2) is 6.07 Å². The second-order valence-corrected chi connectivity index (χ2v) is 3.37. The minimum Gasteiger partial charge on any atom is -0.283 e. The Morgan fingerprint density at radius 3 is 3.23 bits per heavy atom. The van der Waals surface area contributed by atoms with Gasteiger partial charge in [0.2, 0.25) is 0 Å². The Bertz CT molecular complexity index is 347. The molecule has 0 aromatic carbocycles. The highest BCUT2D eigenvalue weighted by Crippen LogP contribution is 2.12. The fourth-order valence-corrected chi connectivity index (χ4v) is 1.70. The quantitative estimate of drug-likeness (QED) is 0.586. The predicted molar refractivity (Wildman–Crippen MR) is 47.9 cm³/mol. The van der Waals surface area contributed by atoms with E-state index in [1.807, 2.05) is 11.6 Å². The van der Waals surface area contributed by atoms with Crippen molar-refractivity contribution in [3.8, 4) is 6.07 Å². The van der Waals surface area contributed by atoms with Crippen LogP contribution < -0.4 is 0 Å². The molecule has 0 saturated carbocycles. The third-order valence-electron chi connectivity index (χ3n) is 2.29. The summed E-state index contributed by atoms with van der Waals surface area (Å²) in [7, 11) is 0. The zero-order chi connectivity index (χ0) is 9.26. The Hall–Kier alpha value is -1.34. The number of hydrogen-bond acceptors (Lipinski definition) is 3. The minimum absolute atomic E-state index is 0.518. The van der Waals surface area contributed by atoms with E-state index in [-0.39, 0.29) is 0 Å². The molecule has 1 aliphatic heterocycles. The maximum absolute atomic E-state index is 8.56. The number of fused-ring (bicyclic) bond motifs is 1. The van der Waals surface area contributed by atoms with Crippen LogP contribution in [-0.4, -0.2) is 27.8 Å². The van der Waals surface area contributed by atoms with Crippen molar-refractivity contribution in [2.45, 2.75) is 20.0 Å². The first-order chi connectivity index (χ1) is 6.29. The number of nitrogens with zero attached hydrogens (tertiary/aromatic N) is 4. The van der Waals surface area contributed by atoms with E-state index in [9.17, 15) is 0 Å². The molecule has 2 rings (SSSR count). The third kappa shape index (κ3) is 1.56. The summed E-state index contributed by atoms with van der Waals surface area (Å²) in [4.78, 5) is 2.14. The van der Waals surface area contributed by atoms with Crippen LogP contribution in [0.1, 0.15) is 11.4 Å². The summed E-state index contributed by atoms with van der Waals surface area (Å²) in [6.45, 7) is 5.21. The molecular weight excluding hydrogens is 164 g/mol. The molecule has 0 saturated heterocycles. The van der Waals surface area contributed by atoms with Crippen LogP contribution in [0.3, 0.4) is 0 Å². The summed E-state index contributed by atoms with van der Waals surface area (Å²) in [6, 6.07) is 4.26. The monoisotopic (exact) mass is 176 g/mol. The summed E-state index contributed by atoms with van der Waals surface area (Å²) in [5, 5.41) is 12.9. The first-order valence-electron chi connectivity index (χ1n) is 4.42. The van der Waals surface area contributed by atoms with Gasteiger partial charge in [0.25, 0.3) is 0 Å². The van der Waals surface area contributed by atoms with E-state index in [0.717, 1.165) is 25.3 Å². The normalized spacial score (nSPS) is 16.6. The summed E-state index contributed by atoms with van der Waals surface area (Å²) in [5.41, 5.74) is 2.29. The van der Waals surface area contributed by atoms with Gasteiger partial charge < -0.3 is 0 Å². The molecule has 0 fully saturated rings. The van der Waals surface area contributed by atoms with Gasteiger partial charge in [-0.1, -0.05) is 0 Å². The number of nitriles is 1. The van der Waals surface area contributed by atoms with Gasteiger partial charge in [-0.15, -0.1) is 0 Å². The average Bonchev–Trinajstić information content (AvgIpc) is 2.44. The van der Waals surface area contributed by atoms with Crippen LogP contribution >= 0.6 is 0 Å². The van der Waals surface area contributed by atoms with E-state index in [1.165, 1.54) is 5.69 Å². The fraction of sp³-hybridized carbons (Fsp3) is 0.556. The van der Waals surface area contributed by atoms with Crippen molar-refractivity contribution in [2.75, 3.05) is 13.1 Å². The molecule has 0 aliphatic carbocycles. The number of aryl methyl sites for hydroxylation is 1. The minimum atomic E-state index is 0.518. The van der Waals surface area contributed by atoms with E-state index < -0.39 is 0 Å². The molecule has 2 heterocycles. The van der Waals surface area contributed by atoms with Gasteiger partial charge in [-0.25, -0.2) is 0 Å². The average molecular weight is 176 g/mol. The van der Waals surface area contributed by atoms with Crippen LogP contribution in [0.5, 0.6) is 0 Å². The third-order valence-corrected chi connectivity index (χ3v) is 2.29. The standard InChI is InChI=1S/C9H12N4/c1-8-6-9-7-12(3-2-10)4-5-13(9)11-8/h6H,3-5,7H2,1H3. The molecule has 4 nitrogen and oxygen atoms in total. The van der Waals surface area contributed by atoms with E-state index in [4.69, 9.17) is 5.26 Å². The van der Waals surface area contributed by atoms with Crippen LogP contribution in [0.25, 0.3) is 0 Å². The Labute approximate surface area is 77.4 Å². The molecule has 0 atom stereocenters. The first kappa shape index (κ1) is 8.27. The van der Waals surface area contributed by atoms with Crippen molar-refractivity contribution in [2.24, 2.45) is 0 Å². The van der Waals surface area contributed by atoms with Crippen molar-refractivity contribution in [3.05, 3.63) is 17.5 Å². The molecule has 0 spiro atoms. The number of aromatic nitrogens is 2. The summed E-state index contributed by atoms with van der Waals surface area (Å²) < 4.78 is 2.03. The molecule has 1 aliphatic rings. The van der Waals surface area contributed by atoms with E-state index in [2.05, 4.69) is 22.1 Å². The fourth-order valence-electron chi connectivity index (χ4n) is 1.70. The maximum atomic E-state index is 8.56. The van der Waals surface area contributed by atoms with Gasteiger partial charge in [0, 0.05) is 13.1 Å². The second kappa shape index (κ2) is 3.19. The van der Waals surface area contributed by atoms with Crippen molar-refractivity contribution in [3.63, 3.8) is 0 Å². The highest BCUT2D eigenvalue weighted by Gasteiger charge is 2.16. The smallest absolute Gasteiger partial charge is 0.0870 e. The Morgan fingerprint density at radius 1 is 1.62 bits per heavy atom. The van der Waals surface area contributed by atoms with E-state index in [1.54, 1.807) is 0 Å². The van der Waals surface area contributed by atoms with Crippen LogP contribution in [0.2, 0.25) is 0 Å². The lowest BCUT2D eigenvalue weighted by molar-refractivity contribution is 0.237. The Morgan fingerprint density at radius 2 is 2.46 bits per heavy atom. The highest BCUT2D eigenvalue weighted by atomic mass is 15.3. The highest BCUT2D eigenvalue weighted by molar-refractivity contribution is 5.10. The van der Waals surface area contributed by atoms with Crippen molar-refractivity contribution in [1.29, 1.82) is 5.26 Å². The zero-order valence-electron chi connectivity index (χ0n) is 7.69. The molecule has 68 valence electrons. The van der Waals surface area contributed by atoms with Gasteiger partial charge in [-0.2, -0.15) is 10.4 Å². The summed E-state index contributed by atoms with van der Waals surface area (Å²) in [5.74, 6) is 0. The lowest BCUT2D eigenvalue weighted by Gasteiger charge is -2.24. The largest absolute Gasteiger partial charge is 0.283 e. The molecule has 0 N–H and O–H groups in total. The van der Waals surface area contributed by atoms with Gasteiger partial charge in [0.05, 0.1) is 30.5 Å². The van der Waals surface area contributed by atoms with Gasteiger partial charge in [-0.3, -0.25) is 9.58 Å². The zero-order valence-corrected chi connectivity index (χ0v) is 7.69. The maximum Gasteiger partial charge on any atom is 0.0870 e. The van der Waals surface area contributed by atoms with Crippen molar-refractivity contribution >= 4 is 0 Å². The molecule has 13 heavy (non-hydrogen) atoms. The van der Waals surface area contributed by atoms with E-state index >= 15 is 0 Å². The SMILES string of the molecule is Cc1cc2n(n1)CCN(CC#N)C2. The van der Waals surface area contributed by atoms with E-state index in [0.29, 0.717) is 6.54 Å². The lowest BCUT2D eigenvalue weighted by atomic mass is 10.3. The van der Waals surface area contributed by atoms with Crippen LogP contribution in [-0.2, 0) is 13.1 Å². The van der Waals surface area contributed by atoms with Crippen LogP contribution in [0.4, 0.5) is 0 Å². The van der Waals surface area contributed by atoms with Crippen LogP contribution in [0, 0.1) is 18.3 Å².